The Bertz CT molecular complexity index is 137. The lowest BCUT2D eigenvalue weighted by atomic mass is 9.98. The van der Waals surface area contributed by atoms with E-state index in [1.807, 2.05) is 6.79 Å². The van der Waals surface area contributed by atoms with Crippen molar-refractivity contribution in [3.05, 3.63) is 0 Å². The Hall–Kier alpha value is -0.370. The highest BCUT2D eigenvalue weighted by atomic mass is 16.5. The van der Waals surface area contributed by atoms with E-state index in [-0.39, 0.29) is 5.60 Å². The van der Waals surface area contributed by atoms with Crippen LogP contribution in [0.2, 0.25) is 0 Å². The zero-order chi connectivity index (χ0) is 11.0. The summed E-state index contributed by atoms with van der Waals surface area (Å²) in [5, 5.41) is 0. The van der Waals surface area contributed by atoms with Gasteiger partial charge in [-0.1, -0.05) is 33.6 Å². The van der Waals surface area contributed by atoms with E-state index >= 15 is 0 Å². The Morgan fingerprint density at radius 3 is 2.14 bits per heavy atom. The van der Waals surface area contributed by atoms with E-state index in [2.05, 4.69) is 20.8 Å². The Labute approximate surface area is 88.0 Å². The summed E-state index contributed by atoms with van der Waals surface area (Å²) in [5.41, 5.74) is 0.268. The standard InChI is InChI=1S/C11H22O.CH2O/c1-4-11(7-5-6-8-11)12-9-10(2)3;1-2/h10H,4-9H2,1-3H3;1H2. The van der Waals surface area contributed by atoms with Crippen LogP contribution in [-0.4, -0.2) is 19.0 Å². The van der Waals surface area contributed by atoms with Crippen LogP contribution in [-0.2, 0) is 9.53 Å². The van der Waals surface area contributed by atoms with E-state index < -0.39 is 0 Å². The second kappa shape index (κ2) is 6.99. The fourth-order valence-electron chi connectivity index (χ4n) is 1.96. The number of hydrogen-bond donors (Lipinski definition) is 0. The van der Waals surface area contributed by atoms with E-state index in [1.54, 1.807) is 0 Å². The predicted octanol–water partition coefficient (Wildman–Crippen LogP) is 3.20. The molecule has 0 N–H and O–H groups in total. The molecule has 1 fully saturated rings. The molecule has 2 nitrogen and oxygen atoms in total. The Balaban J connectivity index is 0.000000791. The maximum absolute atomic E-state index is 8.00. The molecule has 0 amide bonds. The van der Waals surface area contributed by atoms with Crippen LogP contribution in [0.3, 0.4) is 0 Å². The van der Waals surface area contributed by atoms with Gasteiger partial charge < -0.3 is 9.53 Å². The minimum absolute atomic E-state index is 0.268. The summed E-state index contributed by atoms with van der Waals surface area (Å²) in [6.07, 6.45) is 6.50. The topological polar surface area (TPSA) is 26.3 Å². The molecule has 0 aliphatic heterocycles. The van der Waals surface area contributed by atoms with Gasteiger partial charge in [0.25, 0.3) is 0 Å². The average Bonchev–Trinajstić information content (AvgIpc) is 2.67. The summed E-state index contributed by atoms with van der Waals surface area (Å²) in [6, 6.07) is 0. The van der Waals surface area contributed by atoms with E-state index in [0.717, 1.165) is 6.61 Å². The van der Waals surface area contributed by atoms with Crippen molar-refractivity contribution in [1.29, 1.82) is 0 Å². The number of rotatable bonds is 4. The minimum atomic E-state index is 0.268. The molecule has 1 aliphatic rings. The minimum Gasteiger partial charge on any atom is -0.375 e. The van der Waals surface area contributed by atoms with Crippen molar-refractivity contribution in [3.8, 4) is 0 Å². The fourth-order valence-corrected chi connectivity index (χ4v) is 1.96. The summed E-state index contributed by atoms with van der Waals surface area (Å²) in [6.45, 7) is 9.64. The third-order valence-corrected chi connectivity index (χ3v) is 2.88. The normalized spacial score (nSPS) is 19.1. The average molecular weight is 200 g/mol. The Morgan fingerprint density at radius 2 is 1.79 bits per heavy atom. The molecule has 14 heavy (non-hydrogen) atoms. The first kappa shape index (κ1) is 13.6. The number of carbonyl (C=O) groups is 1. The van der Waals surface area contributed by atoms with Crippen LogP contribution in [0.4, 0.5) is 0 Å². The van der Waals surface area contributed by atoms with Gasteiger partial charge in [0.2, 0.25) is 0 Å². The van der Waals surface area contributed by atoms with Crippen LogP contribution in [0, 0.1) is 5.92 Å². The smallest absolute Gasteiger partial charge is 0.106 e. The molecule has 0 heterocycles. The van der Waals surface area contributed by atoms with Gasteiger partial charge in [-0.25, -0.2) is 0 Å². The van der Waals surface area contributed by atoms with Crippen molar-refractivity contribution in [2.75, 3.05) is 6.61 Å². The van der Waals surface area contributed by atoms with Crippen LogP contribution >= 0.6 is 0 Å². The van der Waals surface area contributed by atoms with Crippen molar-refractivity contribution >= 4 is 6.79 Å². The van der Waals surface area contributed by atoms with Crippen molar-refractivity contribution in [2.45, 2.75) is 58.5 Å². The highest BCUT2D eigenvalue weighted by molar-refractivity contribution is 5.10. The Morgan fingerprint density at radius 1 is 1.29 bits per heavy atom. The SMILES string of the molecule is C=O.CCC1(OCC(C)C)CCCC1. The maximum atomic E-state index is 8.00. The summed E-state index contributed by atoms with van der Waals surface area (Å²) in [5.74, 6) is 0.675. The van der Waals surface area contributed by atoms with E-state index in [4.69, 9.17) is 9.53 Å². The zero-order valence-corrected chi connectivity index (χ0v) is 9.84. The number of ether oxygens (including phenoxy) is 1. The third-order valence-electron chi connectivity index (χ3n) is 2.88. The molecule has 84 valence electrons. The van der Waals surface area contributed by atoms with Crippen molar-refractivity contribution < 1.29 is 9.53 Å². The van der Waals surface area contributed by atoms with Gasteiger partial charge in [0.1, 0.15) is 6.79 Å². The van der Waals surface area contributed by atoms with Gasteiger partial charge >= 0.3 is 0 Å². The highest BCUT2D eigenvalue weighted by Gasteiger charge is 2.32. The summed E-state index contributed by atoms with van der Waals surface area (Å²) in [7, 11) is 0. The first-order chi connectivity index (χ1) is 6.68. The second-order valence-electron chi connectivity index (χ2n) is 4.45. The molecule has 1 aliphatic carbocycles. The van der Waals surface area contributed by atoms with Crippen LogP contribution in [0.5, 0.6) is 0 Å². The lowest BCUT2D eigenvalue weighted by Gasteiger charge is -2.28. The summed E-state index contributed by atoms with van der Waals surface area (Å²) >= 11 is 0. The van der Waals surface area contributed by atoms with E-state index in [1.165, 1.54) is 32.1 Å². The first-order valence-electron chi connectivity index (χ1n) is 5.61. The summed E-state index contributed by atoms with van der Waals surface area (Å²) < 4.78 is 6.00. The monoisotopic (exact) mass is 200 g/mol. The molecular weight excluding hydrogens is 176 g/mol. The third kappa shape index (κ3) is 4.23. The van der Waals surface area contributed by atoms with Crippen molar-refractivity contribution in [1.82, 2.24) is 0 Å². The fraction of sp³-hybridized carbons (Fsp3) is 0.917. The first-order valence-corrected chi connectivity index (χ1v) is 5.61. The van der Waals surface area contributed by atoms with Crippen LogP contribution in [0.1, 0.15) is 52.9 Å². The molecule has 0 unspecified atom stereocenters. The van der Waals surface area contributed by atoms with Crippen LogP contribution in [0.15, 0.2) is 0 Å². The Kier molecular flexibility index (Phi) is 6.81. The van der Waals surface area contributed by atoms with Crippen LogP contribution < -0.4 is 0 Å². The zero-order valence-electron chi connectivity index (χ0n) is 9.84. The molecule has 0 aromatic heterocycles. The van der Waals surface area contributed by atoms with Crippen molar-refractivity contribution in [2.24, 2.45) is 5.92 Å². The molecule has 0 radical (unpaired) electrons. The quantitative estimate of drug-likeness (QED) is 0.696. The second-order valence-corrected chi connectivity index (χ2v) is 4.45. The van der Waals surface area contributed by atoms with Gasteiger partial charge in [0.15, 0.2) is 0 Å². The van der Waals surface area contributed by atoms with E-state index in [0.29, 0.717) is 5.92 Å². The van der Waals surface area contributed by atoms with Gasteiger partial charge in [-0.05, 0) is 25.2 Å². The largest absolute Gasteiger partial charge is 0.375 e. The van der Waals surface area contributed by atoms with Crippen LogP contribution in [0.25, 0.3) is 0 Å². The molecule has 0 aromatic carbocycles. The molecule has 0 aromatic rings. The van der Waals surface area contributed by atoms with Gasteiger partial charge in [-0.2, -0.15) is 0 Å². The van der Waals surface area contributed by atoms with E-state index in [9.17, 15) is 0 Å². The molecule has 1 saturated carbocycles. The number of carbonyl (C=O) groups excluding carboxylic acids is 1. The molecule has 0 saturated heterocycles. The lowest BCUT2D eigenvalue weighted by molar-refractivity contribution is -0.0979. The van der Waals surface area contributed by atoms with Gasteiger partial charge in [-0.15, -0.1) is 0 Å². The van der Waals surface area contributed by atoms with Crippen molar-refractivity contribution in [3.63, 3.8) is 0 Å². The van der Waals surface area contributed by atoms with Gasteiger partial charge in [0.05, 0.1) is 5.60 Å². The maximum Gasteiger partial charge on any atom is 0.106 e. The molecule has 0 atom stereocenters. The number of hydrogen-bond acceptors (Lipinski definition) is 2. The molecule has 1 rings (SSSR count). The molecule has 0 spiro atoms. The lowest BCUT2D eigenvalue weighted by Crippen LogP contribution is -2.29. The molecular formula is C12H24O2. The van der Waals surface area contributed by atoms with Gasteiger partial charge in [-0.3, -0.25) is 0 Å². The summed E-state index contributed by atoms with van der Waals surface area (Å²) in [4.78, 5) is 8.00. The predicted molar refractivity (Wildman–Crippen MR) is 59.4 cm³/mol. The molecule has 0 bridgehead atoms. The highest BCUT2D eigenvalue weighted by Crippen LogP contribution is 2.36. The molecule has 2 heteroatoms. The van der Waals surface area contributed by atoms with Gasteiger partial charge in [0, 0.05) is 6.61 Å².